The monoisotopic (exact) mass is 448 g/mol. The molecule has 8 heteroatoms. The number of halogens is 1. The minimum absolute atomic E-state index is 0.0627. The molecule has 0 saturated heterocycles. The van der Waals surface area contributed by atoms with Crippen molar-refractivity contribution < 1.29 is 9.53 Å². The van der Waals surface area contributed by atoms with Gasteiger partial charge in [-0.2, -0.15) is 0 Å². The van der Waals surface area contributed by atoms with Gasteiger partial charge in [0, 0.05) is 18.0 Å². The lowest BCUT2D eigenvalue weighted by Crippen LogP contribution is -2.20. The molecule has 4 rings (SSSR count). The Balaban J connectivity index is 1.45. The summed E-state index contributed by atoms with van der Waals surface area (Å²) in [5.41, 5.74) is 3.07. The molecule has 0 aliphatic rings. The van der Waals surface area contributed by atoms with Gasteiger partial charge < -0.3 is 15.4 Å². The molecule has 0 bridgehead atoms. The number of amides is 2. The topological polar surface area (TPSA) is 84.7 Å². The number of carbonyl (C=O) groups excluding carboxylic acids is 1. The first-order valence-corrected chi connectivity index (χ1v) is 10.5. The number of urea groups is 1. The van der Waals surface area contributed by atoms with E-state index in [-0.39, 0.29) is 18.2 Å². The number of benzene rings is 2. The van der Waals surface area contributed by atoms with Crippen molar-refractivity contribution in [2.75, 3.05) is 10.6 Å². The van der Waals surface area contributed by atoms with E-state index < -0.39 is 0 Å². The molecule has 0 saturated carbocycles. The van der Waals surface area contributed by atoms with Gasteiger partial charge in [0.25, 0.3) is 5.56 Å². The van der Waals surface area contributed by atoms with Crippen LogP contribution >= 0.6 is 11.6 Å². The first kappa shape index (κ1) is 21.4. The summed E-state index contributed by atoms with van der Waals surface area (Å²) in [7, 11) is 0. The van der Waals surface area contributed by atoms with E-state index >= 15 is 0 Å². The Bertz CT molecular complexity index is 1320. The summed E-state index contributed by atoms with van der Waals surface area (Å²) in [6.07, 6.45) is 2.45. The van der Waals surface area contributed by atoms with Crippen LogP contribution in [0.1, 0.15) is 18.2 Å². The highest BCUT2D eigenvalue weighted by molar-refractivity contribution is 6.30. The molecule has 0 aliphatic heterocycles. The summed E-state index contributed by atoms with van der Waals surface area (Å²) in [5, 5.41) is 6.05. The number of hydrogen-bond acceptors (Lipinski definition) is 4. The Morgan fingerprint density at radius 3 is 2.62 bits per heavy atom. The van der Waals surface area contributed by atoms with E-state index in [1.54, 1.807) is 36.4 Å². The summed E-state index contributed by atoms with van der Waals surface area (Å²) >= 11 is 5.94. The Hall–Kier alpha value is -3.84. The second-order valence-electron chi connectivity index (χ2n) is 7.08. The van der Waals surface area contributed by atoms with Gasteiger partial charge in [0.05, 0.1) is 16.4 Å². The predicted octanol–water partition coefficient (Wildman–Crippen LogP) is 5.13. The van der Waals surface area contributed by atoms with E-state index in [0.717, 1.165) is 6.42 Å². The Kier molecular flexibility index (Phi) is 6.37. The third-order valence-corrected chi connectivity index (χ3v) is 5.03. The van der Waals surface area contributed by atoms with Gasteiger partial charge in [-0.05, 0) is 48.4 Å². The maximum Gasteiger partial charge on any atom is 0.323 e. The number of pyridine rings is 1. The van der Waals surface area contributed by atoms with Gasteiger partial charge in [-0.1, -0.05) is 42.8 Å². The number of hydrogen-bond donors (Lipinski definition) is 2. The van der Waals surface area contributed by atoms with Crippen molar-refractivity contribution in [2.45, 2.75) is 20.0 Å². The zero-order valence-corrected chi connectivity index (χ0v) is 18.1. The molecule has 2 amide bonds. The molecule has 0 aliphatic carbocycles. The van der Waals surface area contributed by atoms with Crippen LogP contribution in [0, 0.1) is 0 Å². The fourth-order valence-electron chi connectivity index (χ4n) is 3.16. The van der Waals surface area contributed by atoms with Crippen LogP contribution in [0.3, 0.4) is 0 Å². The van der Waals surface area contributed by atoms with Gasteiger partial charge in [0.1, 0.15) is 18.0 Å². The maximum atomic E-state index is 12.4. The molecule has 0 atom stereocenters. The van der Waals surface area contributed by atoms with Crippen LogP contribution < -0.4 is 20.9 Å². The van der Waals surface area contributed by atoms with Crippen molar-refractivity contribution in [3.05, 3.63) is 99.6 Å². The van der Waals surface area contributed by atoms with Crippen molar-refractivity contribution >= 4 is 34.7 Å². The highest BCUT2D eigenvalue weighted by Crippen LogP contribution is 2.25. The number of aryl methyl sites for hydroxylation is 1. The third kappa shape index (κ3) is 5.07. The van der Waals surface area contributed by atoms with Gasteiger partial charge in [0.15, 0.2) is 0 Å². The minimum Gasteiger partial charge on any atom is -0.485 e. The normalized spacial score (nSPS) is 10.7. The quantitative estimate of drug-likeness (QED) is 0.428. The average molecular weight is 449 g/mol. The molecule has 162 valence electrons. The molecule has 2 N–H and O–H groups in total. The standard InChI is InChI=1S/C24H21ClN4O3/c1-2-16-7-10-18(11-8-16)27-24(31)28-20-5-3-4-6-21(20)32-15-19-13-23(30)29-14-17(25)9-12-22(29)26-19/h3-14H,2,15H2,1H3,(H2,27,28,31). The largest absolute Gasteiger partial charge is 0.485 e. The van der Waals surface area contributed by atoms with Crippen LogP contribution in [0.25, 0.3) is 5.65 Å². The van der Waals surface area contributed by atoms with E-state index in [1.165, 1.54) is 22.2 Å². The van der Waals surface area contributed by atoms with Gasteiger partial charge in [-0.15, -0.1) is 0 Å². The molecule has 0 fully saturated rings. The van der Waals surface area contributed by atoms with Crippen molar-refractivity contribution in [3.8, 4) is 5.75 Å². The number of nitrogens with zero attached hydrogens (tertiary/aromatic N) is 2. The molecule has 0 unspecified atom stereocenters. The summed E-state index contributed by atoms with van der Waals surface area (Å²) in [5.74, 6) is 0.460. The van der Waals surface area contributed by atoms with Crippen molar-refractivity contribution in [2.24, 2.45) is 0 Å². The van der Waals surface area contributed by atoms with Crippen LogP contribution in [0.15, 0.2) is 77.7 Å². The number of ether oxygens (including phenoxy) is 1. The maximum absolute atomic E-state index is 12.4. The number of para-hydroxylation sites is 2. The molecule has 2 heterocycles. The third-order valence-electron chi connectivity index (χ3n) is 4.81. The molecule has 32 heavy (non-hydrogen) atoms. The first-order chi connectivity index (χ1) is 15.5. The fraction of sp³-hybridized carbons (Fsp3) is 0.125. The highest BCUT2D eigenvalue weighted by Gasteiger charge is 2.10. The van der Waals surface area contributed by atoms with Gasteiger partial charge in [0.2, 0.25) is 0 Å². The summed E-state index contributed by atoms with van der Waals surface area (Å²) in [6.45, 7) is 2.14. The first-order valence-electron chi connectivity index (χ1n) is 10.1. The number of anilines is 2. The van der Waals surface area contributed by atoms with E-state index in [1.807, 2.05) is 24.3 Å². The predicted molar refractivity (Wildman–Crippen MR) is 126 cm³/mol. The summed E-state index contributed by atoms with van der Waals surface area (Å²) in [4.78, 5) is 29.2. The van der Waals surface area contributed by atoms with Crippen LogP contribution in [0.4, 0.5) is 16.2 Å². The molecule has 2 aromatic heterocycles. The number of rotatable bonds is 6. The zero-order chi connectivity index (χ0) is 22.5. The Morgan fingerprint density at radius 1 is 1.06 bits per heavy atom. The highest BCUT2D eigenvalue weighted by atomic mass is 35.5. The molecular formula is C24H21ClN4O3. The van der Waals surface area contributed by atoms with Crippen molar-refractivity contribution in [3.63, 3.8) is 0 Å². The minimum atomic E-state index is -0.385. The molecule has 7 nitrogen and oxygen atoms in total. The molecule has 2 aromatic carbocycles. The van der Waals surface area contributed by atoms with Crippen molar-refractivity contribution in [1.82, 2.24) is 9.38 Å². The lowest BCUT2D eigenvalue weighted by Gasteiger charge is -2.13. The van der Waals surface area contributed by atoms with Gasteiger partial charge in [-0.25, -0.2) is 9.78 Å². The van der Waals surface area contributed by atoms with Crippen molar-refractivity contribution in [1.29, 1.82) is 0 Å². The average Bonchev–Trinajstić information content (AvgIpc) is 2.79. The van der Waals surface area contributed by atoms with E-state index in [9.17, 15) is 9.59 Å². The lowest BCUT2D eigenvalue weighted by molar-refractivity contribution is 0.261. The second kappa shape index (κ2) is 9.53. The van der Waals surface area contributed by atoms with Crippen LogP contribution in [-0.4, -0.2) is 15.4 Å². The smallest absolute Gasteiger partial charge is 0.323 e. The van der Waals surface area contributed by atoms with Crippen LogP contribution in [0.2, 0.25) is 5.02 Å². The van der Waals surface area contributed by atoms with Crippen LogP contribution in [0.5, 0.6) is 5.75 Å². The van der Waals surface area contributed by atoms with Crippen LogP contribution in [-0.2, 0) is 13.0 Å². The summed E-state index contributed by atoms with van der Waals surface area (Å²) in [6, 6.07) is 19.1. The van der Waals surface area contributed by atoms with E-state index in [2.05, 4.69) is 22.5 Å². The summed E-state index contributed by atoms with van der Waals surface area (Å²) < 4.78 is 7.23. The number of aromatic nitrogens is 2. The van der Waals surface area contributed by atoms with Gasteiger partial charge in [-0.3, -0.25) is 9.20 Å². The Labute approximate surface area is 189 Å². The fourth-order valence-corrected chi connectivity index (χ4v) is 3.32. The molecule has 0 spiro atoms. The second-order valence-corrected chi connectivity index (χ2v) is 7.51. The number of nitrogens with one attached hydrogen (secondary N) is 2. The molecular weight excluding hydrogens is 428 g/mol. The van der Waals surface area contributed by atoms with Gasteiger partial charge >= 0.3 is 6.03 Å². The van der Waals surface area contributed by atoms with E-state index in [0.29, 0.717) is 33.5 Å². The van der Waals surface area contributed by atoms with E-state index in [4.69, 9.17) is 16.3 Å². The SMILES string of the molecule is CCc1ccc(NC(=O)Nc2ccccc2OCc2cc(=O)n3cc(Cl)ccc3n2)cc1. The number of carbonyl (C=O) groups is 1. The Morgan fingerprint density at radius 2 is 1.84 bits per heavy atom. The lowest BCUT2D eigenvalue weighted by atomic mass is 10.1. The molecule has 0 radical (unpaired) electrons. The molecule has 4 aromatic rings. The zero-order valence-electron chi connectivity index (χ0n) is 17.3. The number of fused-ring (bicyclic) bond motifs is 1.